The van der Waals surface area contributed by atoms with Gasteiger partial charge in [-0.1, -0.05) is 30.1 Å². The van der Waals surface area contributed by atoms with Gasteiger partial charge in [0.15, 0.2) is 0 Å². The Hall–Kier alpha value is -1.25. The van der Waals surface area contributed by atoms with Crippen molar-refractivity contribution in [3.05, 3.63) is 46.6 Å². The van der Waals surface area contributed by atoms with E-state index in [0.717, 1.165) is 29.9 Å². The molecule has 2 aromatic rings. The van der Waals surface area contributed by atoms with Gasteiger partial charge >= 0.3 is 0 Å². The molecule has 2 rings (SSSR count). The van der Waals surface area contributed by atoms with Crippen molar-refractivity contribution in [1.29, 1.82) is 0 Å². The van der Waals surface area contributed by atoms with Crippen LogP contribution < -0.4 is 5.32 Å². The number of rotatable bonds is 4. The molecule has 0 saturated carbocycles. The summed E-state index contributed by atoms with van der Waals surface area (Å²) in [4.78, 5) is 4.34. The summed E-state index contributed by atoms with van der Waals surface area (Å²) in [6.07, 6.45) is 2.85. The summed E-state index contributed by atoms with van der Waals surface area (Å²) in [6, 6.07) is 9.31. The van der Waals surface area contributed by atoms with E-state index in [-0.39, 0.29) is 0 Å². The Balaban J connectivity index is 2.35. The van der Waals surface area contributed by atoms with Crippen molar-refractivity contribution < 1.29 is 0 Å². The van der Waals surface area contributed by atoms with Crippen molar-refractivity contribution in [2.24, 2.45) is 0 Å². The molecule has 4 heteroatoms. The Bertz CT molecular complexity index is 541. The average Bonchev–Trinajstić information content (AvgIpc) is 2.39. The SMILES string of the molecule is CCCNc1ccnc(-c2cc(Cl)ccc2Cl)c1. The zero-order chi connectivity index (χ0) is 13.0. The number of anilines is 1. The predicted molar refractivity (Wildman–Crippen MR) is 78.5 cm³/mol. The molecule has 1 aromatic heterocycles. The van der Waals surface area contributed by atoms with Gasteiger partial charge in [0.25, 0.3) is 0 Å². The lowest BCUT2D eigenvalue weighted by atomic mass is 10.1. The molecule has 1 heterocycles. The van der Waals surface area contributed by atoms with Crippen molar-refractivity contribution in [1.82, 2.24) is 4.98 Å². The van der Waals surface area contributed by atoms with E-state index in [4.69, 9.17) is 23.2 Å². The molecule has 0 saturated heterocycles. The van der Waals surface area contributed by atoms with Gasteiger partial charge in [-0.25, -0.2) is 0 Å². The lowest BCUT2D eigenvalue weighted by Gasteiger charge is -2.08. The first-order chi connectivity index (χ1) is 8.70. The van der Waals surface area contributed by atoms with E-state index in [1.165, 1.54) is 0 Å². The van der Waals surface area contributed by atoms with Gasteiger partial charge in [0.2, 0.25) is 0 Å². The van der Waals surface area contributed by atoms with Gasteiger partial charge in [-0.3, -0.25) is 4.98 Å². The molecule has 0 unspecified atom stereocenters. The molecule has 0 aliphatic heterocycles. The summed E-state index contributed by atoms with van der Waals surface area (Å²) >= 11 is 12.2. The highest BCUT2D eigenvalue weighted by atomic mass is 35.5. The normalized spacial score (nSPS) is 10.4. The number of hydrogen-bond acceptors (Lipinski definition) is 2. The van der Waals surface area contributed by atoms with E-state index < -0.39 is 0 Å². The fourth-order valence-corrected chi connectivity index (χ4v) is 2.04. The molecule has 0 amide bonds. The molecule has 1 N–H and O–H groups in total. The van der Waals surface area contributed by atoms with Crippen LogP contribution in [0.25, 0.3) is 11.3 Å². The largest absolute Gasteiger partial charge is 0.385 e. The second-order valence-electron chi connectivity index (χ2n) is 3.98. The van der Waals surface area contributed by atoms with Gasteiger partial charge < -0.3 is 5.32 Å². The lowest BCUT2D eigenvalue weighted by molar-refractivity contribution is 0.979. The Morgan fingerprint density at radius 3 is 2.78 bits per heavy atom. The summed E-state index contributed by atoms with van der Waals surface area (Å²) in [6.45, 7) is 3.07. The number of nitrogens with zero attached hydrogens (tertiary/aromatic N) is 1. The smallest absolute Gasteiger partial charge is 0.0738 e. The highest BCUT2D eigenvalue weighted by molar-refractivity contribution is 6.35. The van der Waals surface area contributed by atoms with Gasteiger partial charge in [-0.05, 0) is 36.8 Å². The average molecular weight is 281 g/mol. The van der Waals surface area contributed by atoms with E-state index in [1.54, 1.807) is 18.3 Å². The molecular weight excluding hydrogens is 267 g/mol. The monoisotopic (exact) mass is 280 g/mol. The minimum absolute atomic E-state index is 0.652. The number of halogens is 2. The van der Waals surface area contributed by atoms with Crippen LogP contribution in [0.1, 0.15) is 13.3 Å². The maximum Gasteiger partial charge on any atom is 0.0738 e. The maximum absolute atomic E-state index is 6.17. The molecule has 0 bridgehead atoms. The molecule has 0 aliphatic carbocycles. The van der Waals surface area contributed by atoms with Crippen molar-refractivity contribution in [2.45, 2.75) is 13.3 Å². The fraction of sp³-hybridized carbons (Fsp3) is 0.214. The van der Waals surface area contributed by atoms with Gasteiger partial charge in [0.05, 0.1) is 10.7 Å². The predicted octanol–water partition coefficient (Wildman–Crippen LogP) is 4.88. The van der Waals surface area contributed by atoms with Crippen LogP contribution in [0, 0.1) is 0 Å². The van der Waals surface area contributed by atoms with Gasteiger partial charge in [0.1, 0.15) is 0 Å². The molecule has 1 aromatic carbocycles. The van der Waals surface area contributed by atoms with Crippen LogP contribution in [0.15, 0.2) is 36.5 Å². The molecule has 0 fully saturated rings. The third-order valence-electron chi connectivity index (χ3n) is 2.54. The molecule has 94 valence electrons. The fourth-order valence-electron chi connectivity index (χ4n) is 1.65. The van der Waals surface area contributed by atoms with Crippen LogP contribution in [0.3, 0.4) is 0 Å². The molecule has 0 radical (unpaired) electrons. The van der Waals surface area contributed by atoms with Crippen molar-refractivity contribution in [3.63, 3.8) is 0 Å². The van der Waals surface area contributed by atoms with E-state index in [1.807, 2.05) is 18.2 Å². The van der Waals surface area contributed by atoms with Crippen LogP contribution in [0.5, 0.6) is 0 Å². The number of hydrogen-bond donors (Lipinski definition) is 1. The van der Waals surface area contributed by atoms with Crippen molar-refractivity contribution >= 4 is 28.9 Å². The Morgan fingerprint density at radius 1 is 1.17 bits per heavy atom. The summed E-state index contributed by atoms with van der Waals surface area (Å²) in [5.41, 5.74) is 2.71. The van der Waals surface area contributed by atoms with Crippen LogP contribution >= 0.6 is 23.2 Å². The lowest BCUT2D eigenvalue weighted by Crippen LogP contribution is -2.00. The maximum atomic E-state index is 6.17. The van der Waals surface area contributed by atoms with Crippen molar-refractivity contribution in [3.8, 4) is 11.3 Å². The number of nitrogens with one attached hydrogen (secondary N) is 1. The quantitative estimate of drug-likeness (QED) is 0.864. The van der Waals surface area contributed by atoms with Crippen LogP contribution in [-0.4, -0.2) is 11.5 Å². The van der Waals surface area contributed by atoms with Crippen LogP contribution in [-0.2, 0) is 0 Å². The van der Waals surface area contributed by atoms with Crippen molar-refractivity contribution in [2.75, 3.05) is 11.9 Å². The van der Waals surface area contributed by atoms with E-state index in [2.05, 4.69) is 17.2 Å². The first-order valence-electron chi connectivity index (χ1n) is 5.86. The Labute approximate surface area is 117 Å². The third-order valence-corrected chi connectivity index (χ3v) is 3.11. The third kappa shape index (κ3) is 3.15. The summed E-state index contributed by atoms with van der Waals surface area (Å²) in [7, 11) is 0. The minimum atomic E-state index is 0.652. The van der Waals surface area contributed by atoms with Gasteiger partial charge in [-0.15, -0.1) is 0 Å². The first kappa shape index (κ1) is 13.2. The molecule has 0 spiro atoms. The molecule has 2 nitrogen and oxygen atoms in total. The van der Waals surface area contributed by atoms with E-state index in [9.17, 15) is 0 Å². The highest BCUT2D eigenvalue weighted by Gasteiger charge is 2.06. The zero-order valence-corrected chi connectivity index (χ0v) is 11.6. The summed E-state index contributed by atoms with van der Waals surface area (Å²) in [5, 5.41) is 4.63. The Morgan fingerprint density at radius 2 is 2.00 bits per heavy atom. The molecule has 0 atom stereocenters. The van der Waals surface area contributed by atoms with E-state index in [0.29, 0.717) is 10.0 Å². The summed E-state index contributed by atoms with van der Waals surface area (Å²) < 4.78 is 0. The second kappa shape index (κ2) is 6.07. The molecule has 18 heavy (non-hydrogen) atoms. The minimum Gasteiger partial charge on any atom is -0.385 e. The second-order valence-corrected chi connectivity index (χ2v) is 4.82. The molecular formula is C14H14Cl2N2. The van der Waals surface area contributed by atoms with Crippen LogP contribution in [0.4, 0.5) is 5.69 Å². The first-order valence-corrected chi connectivity index (χ1v) is 6.61. The van der Waals surface area contributed by atoms with Gasteiger partial charge in [0, 0.05) is 29.0 Å². The number of pyridine rings is 1. The van der Waals surface area contributed by atoms with E-state index >= 15 is 0 Å². The summed E-state index contributed by atoms with van der Waals surface area (Å²) in [5.74, 6) is 0. The highest BCUT2D eigenvalue weighted by Crippen LogP contribution is 2.30. The zero-order valence-electron chi connectivity index (χ0n) is 10.1. The Kier molecular flexibility index (Phi) is 4.45. The standard InChI is InChI=1S/C14H14Cl2N2/c1-2-6-17-11-5-7-18-14(9-11)12-8-10(15)3-4-13(12)16/h3-5,7-9H,2,6H2,1H3,(H,17,18). The number of aromatic nitrogens is 1. The topological polar surface area (TPSA) is 24.9 Å². The molecule has 0 aliphatic rings. The number of benzene rings is 1. The van der Waals surface area contributed by atoms with Gasteiger partial charge in [-0.2, -0.15) is 0 Å². The van der Waals surface area contributed by atoms with Crippen LogP contribution in [0.2, 0.25) is 10.0 Å².